The number of aliphatic hydroxyl groups is 1. The van der Waals surface area contributed by atoms with Crippen molar-refractivity contribution in [1.82, 2.24) is 9.55 Å². The third-order valence-corrected chi connectivity index (χ3v) is 4.03. The molecule has 1 N–H and O–H groups in total. The minimum atomic E-state index is -0.350. The Morgan fingerprint density at radius 1 is 1.00 bits per heavy atom. The van der Waals surface area contributed by atoms with Gasteiger partial charge in [-0.2, -0.15) is 0 Å². The lowest BCUT2D eigenvalue weighted by atomic mass is 10.0. The molecule has 0 saturated carbocycles. The molecule has 1 atom stereocenters. The van der Waals surface area contributed by atoms with Gasteiger partial charge in [-0.15, -0.1) is 0 Å². The van der Waals surface area contributed by atoms with E-state index in [0.29, 0.717) is 0 Å². The van der Waals surface area contributed by atoms with Crippen molar-refractivity contribution in [3.05, 3.63) is 18.2 Å². The van der Waals surface area contributed by atoms with E-state index in [1.54, 1.807) is 12.5 Å². The zero-order chi connectivity index (χ0) is 14.6. The van der Waals surface area contributed by atoms with E-state index in [1.165, 1.54) is 57.8 Å². The quantitative estimate of drug-likeness (QED) is 0.560. The molecular weight excluding hydrogens is 248 g/mol. The van der Waals surface area contributed by atoms with Crippen LogP contribution in [0.1, 0.15) is 89.4 Å². The van der Waals surface area contributed by atoms with E-state index in [9.17, 15) is 5.11 Å². The van der Waals surface area contributed by atoms with Crippen molar-refractivity contribution in [3.63, 3.8) is 0 Å². The van der Waals surface area contributed by atoms with Crippen LogP contribution in [0.3, 0.4) is 0 Å². The maximum Gasteiger partial charge on any atom is 0.0955 e. The number of aryl methyl sites for hydroxylation is 1. The topological polar surface area (TPSA) is 38.1 Å². The van der Waals surface area contributed by atoms with Crippen LogP contribution < -0.4 is 0 Å². The molecule has 1 unspecified atom stereocenters. The van der Waals surface area contributed by atoms with Gasteiger partial charge in [-0.1, -0.05) is 71.1 Å². The van der Waals surface area contributed by atoms with Gasteiger partial charge in [0, 0.05) is 7.05 Å². The molecule has 0 bridgehead atoms. The minimum Gasteiger partial charge on any atom is -0.387 e. The SMILES string of the molecule is CCCCCCCCCCCCC(O)c1cncn1C. The van der Waals surface area contributed by atoms with Crippen LogP contribution in [-0.2, 0) is 7.05 Å². The van der Waals surface area contributed by atoms with Crippen molar-refractivity contribution in [1.29, 1.82) is 0 Å². The van der Waals surface area contributed by atoms with Gasteiger partial charge in [-0.3, -0.25) is 0 Å². The Bertz CT molecular complexity index is 335. The Morgan fingerprint density at radius 3 is 2.05 bits per heavy atom. The molecule has 116 valence electrons. The standard InChI is InChI=1S/C17H32N2O/c1-3-4-5-6-7-8-9-10-11-12-13-17(20)16-14-18-15-19(16)2/h14-15,17,20H,3-13H2,1-2H3. The maximum absolute atomic E-state index is 10.1. The first-order valence-electron chi connectivity index (χ1n) is 8.40. The summed E-state index contributed by atoms with van der Waals surface area (Å²) in [6.45, 7) is 2.26. The predicted molar refractivity (Wildman–Crippen MR) is 84.6 cm³/mol. The lowest BCUT2D eigenvalue weighted by Gasteiger charge is -2.10. The second kappa shape index (κ2) is 10.9. The molecule has 0 amide bonds. The summed E-state index contributed by atoms with van der Waals surface area (Å²) in [4.78, 5) is 4.05. The van der Waals surface area contributed by atoms with Gasteiger partial charge in [-0.05, 0) is 6.42 Å². The summed E-state index contributed by atoms with van der Waals surface area (Å²) in [5.41, 5.74) is 0.931. The molecule has 3 heteroatoms. The minimum absolute atomic E-state index is 0.350. The van der Waals surface area contributed by atoms with Crippen molar-refractivity contribution in [2.45, 2.75) is 83.7 Å². The Morgan fingerprint density at radius 2 is 1.55 bits per heavy atom. The largest absolute Gasteiger partial charge is 0.387 e. The van der Waals surface area contributed by atoms with Crippen molar-refractivity contribution < 1.29 is 5.11 Å². The van der Waals surface area contributed by atoms with E-state index in [1.807, 2.05) is 11.6 Å². The molecule has 1 heterocycles. The highest BCUT2D eigenvalue weighted by molar-refractivity contribution is 5.01. The highest BCUT2D eigenvalue weighted by Gasteiger charge is 2.10. The lowest BCUT2D eigenvalue weighted by Crippen LogP contribution is -2.03. The van der Waals surface area contributed by atoms with Crippen molar-refractivity contribution in [2.24, 2.45) is 7.05 Å². The predicted octanol–water partition coefficient (Wildman–Crippen LogP) is 4.76. The summed E-state index contributed by atoms with van der Waals surface area (Å²) >= 11 is 0. The fourth-order valence-corrected chi connectivity index (χ4v) is 2.66. The lowest BCUT2D eigenvalue weighted by molar-refractivity contribution is 0.155. The zero-order valence-electron chi connectivity index (χ0n) is 13.4. The number of aromatic nitrogens is 2. The molecule has 1 aromatic heterocycles. The highest BCUT2D eigenvalue weighted by atomic mass is 16.3. The summed E-state index contributed by atoms with van der Waals surface area (Å²) in [6.07, 6.45) is 17.4. The molecule has 0 fully saturated rings. The Labute approximate surface area is 124 Å². The van der Waals surface area contributed by atoms with E-state index in [0.717, 1.165) is 18.5 Å². The summed E-state index contributed by atoms with van der Waals surface area (Å²) in [5, 5.41) is 10.1. The van der Waals surface area contributed by atoms with Crippen LogP contribution in [0.2, 0.25) is 0 Å². The Balaban J connectivity index is 1.91. The van der Waals surface area contributed by atoms with Gasteiger partial charge >= 0.3 is 0 Å². The van der Waals surface area contributed by atoms with Crippen LogP contribution in [0.15, 0.2) is 12.5 Å². The van der Waals surface area contributed by atoms with E-state index in [-0.39, 0.29) is 6.10 Å². The molecule has 0 radical (unpaired) electrons. The molecule has 3 nitrogen and oxygen atoms in total. The van der Waals surface area contributed by atoms with Crippen LogP contribution in [0.4, 0.5) is 0 Å². The third-order valence-electron chi connectivity index (χ3n) is 4.03. The summed E-state index contributed by atoms with van der Waals surface area (Å²) < 4.78 is 1.90. The summed E-state index contributed by atoms with van der Waals surface area (Å²) in [5.74, 6) is 0. The summed E-state index contributed by atoms with van der Waals surface area (Å²) in [6, 6.07) is 0. The fourth-order valence-electron chi connectivity index (χ4n) is 2.66. The van der Waals surface area contributed by atoms with Crippen LogP contribution in [-0.4, -0.2) is 14.7 Å². The van der Waals surface area contributed by atoms with Crippen LogP contribution in [0.25, 0.3) is 0 Å². The van der Waals surface area contributed by atoms with Gasteiger partial charge in [0.1, 0.15) is 0 Å². The second-order valence-electron chi connectivity index (χ2n) is 5.92. The molecule has 0 aliphatic heterocycles. The molecule has 1 aromatic rings. The van der Waals surface area contributed by atoms with Crippen LogP contribution in [0, 0.1) is 0 Å². The van der Waals surface area contributed by atoms with Gasteiger partial charge in [0.05, 0.1) is 24.3 Å². The third kappa shape index (κ3) is 7.09. The van der Waals surface area contributed by atoms with Crippen LogP contribution >= 0.6 is 0 Å². The average molecular weight is 280 g/mol. The molecular formula is C17H32N2O. The fraction of sp³-hybridized carbons (Fsp3) is 0.824. The van der Waals surface area contributed by atoms with Crippen molar-refractivity contribution >= 4 is 0 Å². The number of nitrogens with zero attached hydrogens (tertiary/aromatic N) is 2. The zero-order valence-corrected chi connectivity index (χ0v) is 13.4. The number of rotatable bonds is 12. The Kier molecular flexibility index (Phi) is 9.38. The Hall–Kier alpha value is -0.830. The molecule has 0 aliphatic carbocycles. The molecule has 1 rings (SSSR count). The van der Waals surface area contributed by atoms with E-state index in [4.69, 9.17) is 0 Å². The average Bonchev–Trinajstić information content (AvgIpc) is 2.87. The van der Waals surface area contributed by atoms with Gasteiger partial charge in [0.15, 0.2) is 0 Å². The molecule has 0 spiro atoms. The van der Waals surface area contributed by atoms with E-state index >= 15 is 0 Å². The number of aliphatic hydroxyl groups excluding tert-OH is 1. The molecule has 0 saturated heterocycles. The first kappa shape index (κ1) is 17.2. The van der Waals surface area contributed by atoms with Gasteiger partial charge in [0.25, 0.3) is 0 Å². The number of hydrogen-bond acceptors (Lipinski definition) is 2. The molecule has 0 aromatic carbocycles. The monoisotopic (exact) mass is 280 g/mol. The van der Waals surface area contributed by atoms with Gasteiger partial charge < -0.3 is 9.67 Å². The van der Waals surface area contributed by atoms with Gasteiger partial charge in [0.2, 0.25) is 0 Å². The molecule has 0 aliphatic rings. The normalized spacial score (nSPS) is 12.8. The number of imidazole rings is 1. The number of unbranched alkanes of at least 4 members (excludes halogenated alkanes) is 9. The van der Waals surface area contributed by atoms with Crippen LogP contribution in [0.5, 0.6) is 0 Å². The van der Waals surface area contributed by atoms with E-state index in [2.05, 4.69) is 11.9 Å². The van der Waals surface area contributed by atoms with Crippen molar-refractivity contribution in [2.75, 3.05) is 0 Å². The first-order chi connectivity index (χ1) is 9.75. The number of hydrogen-bond donors (Lipinski definition) is 1. The van der Waals surface area contributed by atoms with Gasteiger partial charge in [-0.25, -0.2) is 4.98 Å². The first-order valence-corrected chi connectivity index (χ1v) is 8.40. The van der Waals surface area contributed by atoms with E-state index < -0.39 is 0 Å². The summed E-state index contributed by atoms with van der Waals surface area (Å²) in [7, 11) is 1.93. The maximum atomic E-state index is 10.1. The second-order valence-corrected chi connectivity index (χ2v) is 5.92. The smallest absolute Gasteiger partial charge is 0.0955 e. The highest BCUT2D eigenvalue weighted by Crippen LogP contribution is 2.19. The molecule has 20 heavy (non-hydrogen) atoms. The van der Waals surface area contributed by atoms with Crippen molar-refractivity contribution in [3.8, 4) is 0 Å².